The van der Waals surface area contributed by atoms with E-state index < -0.39 is 11.6 Å². The molecule has 1 aliphatic rings. The Morgan fingerprint density at radius 3 is 2.11 bits per heavy atom. The largest absolute Gasteiger partial charge is 0.325 e. The molecular weight excluding hydrogens is 343 g/mol. The quantitative estimate of drug-likeness (QED) is 0.809. The second-order valence-electron chi connectivity index (χ2n) is 8.03. The number of amides is 3. The molecule has 0 unspecified atom stereocenters. The fourth-order valence-corrected chi connectivity index (χ4v) is 3.44. The van der Waals surface area contributed by atoms with E-state index in [1.54, 1.807) is 12.1 Å². The molecule has 1 aliphatic heterocycles. The Balaban J connectivity index is 1.86. The van der Waals surface area contributed by atoms with E-state index in [0.29, 0.717) is 12.0 Å². The van der Waals surface area contributed by atoms with E-state index in [1.807, 2.05) is 31.2 Å². The third-order valence-corrected chi connectivity index (χ3v) is 5.20. The SMILES string of the molecule is CC[C@@]1(c2ccc(F)cc2)NC(=O)N(Cc2ccc(C(C)(C)C)cc2)C1=O. The molecule has 1 fully saturated rings. The number of hydrogen-bond donors (Lipinski definition) is 1. The predicted octanol–water partition coefficient (Wildman–Crippen LogP) is 4.48. The van der Waals surface area contributed by atoms with Gasteiger partial charge in [-0.15, -0.1) is 0 Å². The lowest BCUT2D eigenvalue weighted by Crippen LogP contribution is -2.43. The van der Waals surface area contributed by atoms with Crippen molar-refractivity contribution in [3.63, 3.8) is 0 Å². The summed E-state index contributed by atoms with van der Waals surface area (Å²) < 4.78 is 13.3. The monoisotopic (exact) mass is 368 g/mol. The minimum absolute atomic E-state index is 0.0410. The molecule has 1 heterocycles. The van der Waals surface area contributed by atoms with E-state index in [4.69, 9.17) is 0 Å². The van der Waals surface area contributed by atoms with Gasteiger partial charge in [0.15, 0.2) is 0 Å². The zero-order valence-corrected chi connectivity index (χ0v) is 16.2. The van der Waals surface area contributed by atoms with Crippen LogP contribution in [0.15, 0.2) is 48.5 Å². The van der Waals surface area contributed by atoms with Gasteiger partial charge in [-0.1, -0.05) is 64.1 Å². The fraction of sp³-hybridized carbons (Fsp3) is 0.364. The summed E-state index contributed by atoms with van der Waals surface area (Å²) in [5, 5.41) is 2.82. The van der Waals surface area contributed by atoms with Gasteiger partial charge in [0.05, 0.1) is 6.54 Å². The third kappa shape index (κ3) is 3.46. The molecule has 0 radical (unpaired) electrons. The molecule has 0 aliphatic carbocycles. The molecule has 0 bridgehead atoms. The van der Waals surface area contributed by atoms with Crippen LogP contribution in [0.2, 0.25) is 0 Å². The first kappa shape index (κ1) is 19.1. The lowest BCUT2D eigenvalue weighted by atomic mass is 9.86. The molecule has 4 nitrogen and oxygen atoms in total. The standard InChI is InChI=1S/C22H25FN2O2/c1-5-22(17-10-12-18(23)13-11-17)19(26)25(20(27)24-22)14-15-6-8-16(9-7-15)21(2,3)4/h6-13H,5,14H2,1-4H3,(H,24,27)/t22-/m0/s1. The van der Waals surface area contributed by atoms with Gasteiger partial charge in [-0.2, -0.15) is 0 Å². The third-order valence-electron chi connectivity index (χ3n) is 5.20. The maximum atomic E-state index is 13.3. The molecule has 2 aromatic carbocycles. The lowest BCUT2D eigenvalue weighted by Gasteiger charge is -2.26. The molecule has 1 saturated heterocycles. The summed E-state index contributed by atoms with van der Waals surface area (Å²) >= 11 is 0. The highest BCUT2D eigenvalue weighted by Crippen LogP contribution is 2.33. The number of nitrogens with zero attached hydrogens (tertiary/aromatic N) is 1. The maximum Gasteiger partial charge on any atom is 0.325 e. The van der Waals surface area contributed by atoms with Gasteiger partial charge < -0.3 is 5.32 Å². The Morgan fingerprint density at radius 1 is 1.00 bits per heavy atom. The van der Waals surface area contributed by atoms with Crippen LogP contribution in [0.3, 0.4) is 0 Å². The summed E-state index contributed by atoms with van der Waals surface area (Å²) in [6.45, 7) is 8.45. The van der Waals surface area contributed by atoms with Gasteiger partial charge in [-0.25, -0.2) is 9.18 Å². The second-order valence-corrected chi connectivity index (χ2v) is 8.03. The van der Waals surface area contributed by atoms with E-state index in [-0.39, 0.29) is 23.7 Å². The molecule has 5 heteroatoms. The van der Waals surface area contributed by atoms with Crippen molar-refractivity contribution >= 4 is 11.9 Å². The van der Waals surface area contributed by atoms with Crippen LogP contribution < -0.4 is 5.32 Å². The zero-order valence-electron chi connectivity index (χ0n) is 16.2. The smallest absolute Gasteiger partial charge is 0.319 e. The summed E-state index contributed by atoms with van der Waals surface area (Å²) in [5.74, 6) is -0.681. The first-order valence-corrected chi connectivity index (χ1v) is 9.17. The lowest BCUT2D eigenvalue weighted by molar-refractivity contribution is -0.132. The first-order valence-electron chi connectivity index (χ1n) is 9.17. The Hall–Kier alpha value is -2.69. The number of imide groups is 1. The molecule has 0 saturated carbocycles. The van der Waals surface area contributed by atoms with Gasteiger partial charge >= 0.3 is 6.03 Å². The Labute approximate surface area is 159 Å². The van der Waals surface area contributed by atoms with E-state index in [2.05, 4.69) is 26.1 Å². The summed E-state index contributed by atoms with van der Waals surface area (Å²) in [6.07, 6.45) is 0.392. The molecule has 3 rings (SSSR count). The number of hydrogen-bond acceptors (Lipinski definition) is 2. The molecule has 0 spiro atoms. The van der Waals surface area contributed by atoms with E-state index >= 15 is 0 Å². The highest BCUT2D eigenvalue weighted by Gasteiger charge is 2.51. The molecule has 3 amide bonds. The van der Waals surface area contributed by atoms with Gasteiger partial charge in [0.2, 0.25) is 0 Å². The highest BCUT2D eigenvalue weighted by molar-refractivity contribution is 6.07. The van der Waals surface area contributed by atoms with Gasteiger partial charge in [-0.05, 0) is 40.7 Å². The number of rotatable bonds is 4. The van der Waals surface area contributed by atoms with Gasteiger partial charge in [0, 0.05) is 0 Å². The average Bonchev–Trinajstić information content (AvgIpc) is 2.87. The van der Waals surface area contributed by atoms with Crippen LogP contribution in [0.1, 0.15) is 50.8 Å². The minimum atomic E-state index is -1.14. The number of benzene rings is 2. The number of urea groups is 1. The van der Waals surface area contributed by atoms with Crippen molar-refractivity contribution in [3.8, 4) is 0 Å². The van der Waals surface area contributed by atoms with E-state index in [9.17, 15) is 14.0 Å². The minimum Gasteiger partial charge on any atom is -0.319 e. The first-order chi connectivity index (χ1) is 12.7. The molecule has 1 atom stereocenters. The van der Waals surface area contributed by atoms with Gasteiger partial charge in [0.1, 0.15) is 11.4 Å². The van der Waals surface area contributed by atoms with Crippen molar-refractivity contribution < 1.29 is 14.0 Å². The van der Waals surface area contributed by atoms with Crippen molar-refractivity contribution in [1.82, 2.24) is 10.2 Å². The zero-order chi connectivity index (χ0) is 19.8. The van der Waals surface area contributed by atoms with Crippen molar-refractivity contribution in [2.75, 3.05) is 0 Å². The molecule has 2 aromatic rings. The number of carbonyl (C=O) groups excluding carboxylic acids is 2. The predicted molar refractivity (Wildman–Crippen MR) is 103 cm³/mol. The van der Waals surface area contributed by atoms with E-state index in [1.165, 1.54) is 22.6 Å². The van der Waals surface area contributed by atoms with Crippen molar-refractivity contribution in [2.45, 2.75) is 51.6 Å². The van der Waals surface area contributed by atoms with Gasteiger partial charge in [0.25, 0.3) is 5.91 Å². The van der Waals surface area contributed by atoms with Crippen LogP contribution >= 0.6 is 0 Å². The van der Waals surface area contributed by atoms with Crippen LogP contribution in [0, 0.1) is 5.82 Å². The molecule has 0 aromatic heterocycles. The number of nitrogens with one attached hydrogen (secondary N) is 1. The van der Waals surface area contributed by atoms with Crippen LogP contribution in [-0.2, 0) is 22.3 Å². The highest BCUT2D eigenvalue weighted by atomic mass is 19.1. The average molecular weight is 368 g/mol. The topological polar surface area (TPSA) is 49.4 Å². The van der Waals surface area contributed by atoms with Crippen LogP contribution in [-0.4, -0.2) is 16.8 Å². The van der Waals surface area contributed by atoms with Crippen molar-refractivity contribution in [2.24, 2.45) is 0 Å². The van der Waals surface area contributed by atoms with Crippen molar-refractivity contribution in [3.05, 3.63) is 71.0 Å². The summed E-state index contributed by atoms with van der Waals surface area (Å²) in [5.41, 5.74) is 1.57. The van der Waals surface area contributed by atoms with Crippen LogP contribution in [0.4, 0.5) is 9.18 Å². The molecule has 142 valence electrons. The van der Waals surface area contributed by atoms with Crippen LogP contribution in [0.25, 0.3) is 0 Å². The summed E-state index contributed by atoms with van der Waals surface area (Å²) in [7, 11) is 0. The molecular formula is C22H25FN2O2. The fourth-order valence-electron chi connectivity index (χ4n) is 3.44. The maximum absolute atomic E-state index is 13.3. The Morgan fingerprint density at radius 2 is 1.59 bits per heavy atom. The van der Waals surface area contributed by atoms with E-state index in [0.717, 1.165) is 5.56 Å². The summed E-state index contributed by atoms with van der Waals surface area (Å²) in [4.78, 5) is 26.9. The second kappa shape index (κ2) is 6.80. The van der Waals surface area contributed by atoms with Crippen molar-refractivity contribution in [1.29, 1.82) is 0 Å². The molecule has 27 heavy (non-hydrogen) atoms. The normalized spacial score (nSPS) is 20.1. The number of halogens is 1. The summed E-state index contributed by atoms with van der Waals surface area (Å²) in [6, 6.07) is 13.3. The van der Waals surface area contributed by atoms with Gasteiger partial charge in [-0.3, -0.25) is 9.69 Å². The number of carbonyl (C=O) groups is 2. The Bertz CT molecular complexity index is 853. The Kier molecular flexibility index (Phi) is 4.81. The molecule has 1 N–H and O–H groups in total. The van der Waals surface area contributed by atoms with Crippen LogP contribution in [0.5, 0.6) is 0 Å².